The maximum absolute atomic E-state index is 12.6. The fourth-order valence-electron chi connectivity index (χ4n) is 1.69. The van der Waals surface area contributed by atoms with Crippen LogP contribution in [0.2, 0.25) is 0 Å². The number of anilines is 1. The van der Waals surface area contributed by atoms with Gasteiger partial charge in [0.2, 0.25) is 0 Å². The van der Waals surface area contributed by atoms with Crippen LogP contribution >= 0.6 is 15.9 Å². The first-order valence-electron chi connectivity index (χ1n) is 5.75. The lowest BCUT2D eigenvalue weighted by Gasteiger charge is -2.13. The molecule has 0 bridgehead atoms. The third-order valence-electron chi connectivity index (χ3n) is 2.75. The van der Waals surface area contributed by atoms with Gasteiger partial charge >= 0.3 is 6.18 Å². The minimum absolute atomic E-state index is 0.100. The first-order valence-corrected chi connectivity index (χ1v) is 6.55. The summed E-state index contributed by atoms with van der Waals surface area (Å²) in [6.45, 7) is 0.229. The smallest absolute Gasteiger partial charge is 0.416 e. The topological polar surface area (TPSA) is 32.3 Å². The molecule has 2 aromatic rings. The summed E-state index contributed by atoms with van der Waals surface area (Å²) < 4.78 is 38.5. The largest absolute Gasteiger partial charge is 0.508 e. The van der Waals surface area contributed by atoms with Crippen LogP contribution in [0.3, 0.4) is 0 Å². The van der Waals surface area contributed by atoms with Crippen LogP contribution in [0.1, 0.15) is 11.1 Å². The fourth-order valence-corrected chi connectivity index (χ4v) is 2.07. The molecule has 6 heteroatoms. The summed E-state index contributed by atoms with van der Waals surface area (Å²) in [7, 11) is 0. The number of phenols is 1. The van der Waals surface area contributed by atoms with Crippen molar-refractivity contribution in [3.05, 3.63) is 58.1 Å². The molecule has 0 saturated carbocycles. The Balaban J connectivity index is 2.19. The first-order chi connectivity index (χ1) is 9.38. The van der Waals surface area contributed by atoms with Crippen LogP contribution in [0, 0.1) is 0 Å². The van der Waals surface area contributed by atoms with Crippen LogP contribution in [0.4, 0.5) is 18.9 Å². The molecule has 0 heterocycles. The van der Waals surface area contributed by atoms with Gasteiger partial charge < -0.3 is 10.4 Å². The molecular formula is C14H11BrF3NO. The minimum atomic E-state index is -4.38. The molecule has 0 radical (unpaired) electrons. The van der Waals surface area contributed by atoms with Crippen molar-refractivity contribution in [2.24, 2.45) is 0 Å². The van der Waals surface area contributed by atoms with Gasteiger partial charge in [-0.1, -0.05) is 18.2 Å². The fraction of sp³-hybridized carbons (Fsp3) is 0.143. The van der Waals surface area contributed by atoms with Gasteiger partial charge in [0.1, 0.15) is 5.75 Å². The molecule has 0 unspecified atom stereocenters. The Morgan fingerprint density at radius 1 is 1.10 bits per heavy atom. The minimum Gasteiger partial charge on any atom is -0.508 e. The van der Waals surface area contributed by atoms with E-state index < -0.39 is 11.7 Å². The average Bonchev–Trinajstić information content (AvgIpc) is 2.38. The average molecular weight is 346 g/mol. The predicted octanol–water partition coefficient (Wildman–Crippen LogP) is 4.79. The molecule has 0 saturated heterocycles. The third-order valence-corrected chi connectivity index (χ3v) is 3.45. The second-order valence-electron chi connectivity index (χ2n) is 4.17. The van der Waals surface area contributed by atoms with Gasteiger partial charge in [-0.15, -0.1) is 0 Å². The van der Waals surface area contributed by atoms with E-state index in [9.17, 15) is 18.3 Å². The van der Waals surface area contributed by atoms with Crippen molar-refractivity contribution >= 4 is 21.6 Å². The van der Waals surface area contributed by atoms with Gasteiger partial charge in [0, 0.05) is 22.3 Å². The molecule has 0 amide bonds. The molecule has 0 atom stereocenters. The zero-order chi connectivity index (χ0) is 14.8. The van der Waals surface area contributed by atoms with Gasteiger partial charge in [-0.3, -0.25) is 0 Å². The van der Waals surface area contributed by atoms with Crippen molar-refractivity contribution in [3.63, 3.8) is 0 Å². The lowest BCUT2D eigenvalue weighted by molar-refractivity contribution is -0.137. The molecule has 0 aliphatic carbocycles. The Morgan fingerprint density at radius 2 is 1.80 bits per heavy atom. The highest BCUT2D eigenvalue weighted by atomic mass is 79.9. The van der Waals surface area contributed by atoms with Crippen molar-refractivity contribution < 1.29 is 18.3 Å². The number of alkyl halides is 3. The summed E-state index contributed by atoms with van der Waals surface area (Å²) in [6.07, 6.45) is -4.38. The van der Waals surface area contributed by atoms with Crippen LogP contribution < -0.4 is 5.32 Å². The Labute approximate surface area is 122 Å². The van der Waals surface area contributed by atoms with Crippen LogP contribution in [0.5, 0.6) is 5.75 Å². The second-order valence-corrected chi connectivity index (χ2v) is 5.03. The molecule has 2 rings (SSSR count). The van der Waals surface area contributed by atoms with Crippen molar-refractivity contribution in [1.82, 2.24) is 0 Å². The quantitative estimate of drug-likeness (QED) is 0.838. The van der Waals surface area contributed by atoms with Crippen LogP contribution in [-0.2, 0) is 12.7 Å². The standard InChI is InChI=1S/C14H11BrF3NO/c15-11-6-5-10(14(16,17)18)7-12(11)19-8-9-3-1-2-4-13(9)20/h1-7,19-20H,8H2. The van der Waals surface area contributed by atoms with E-state index in [-0.39, 0.29) is 12.3 Å². The number of hydrogen-bond donors (Lipinski definition) is 2. The highest BCUT2D eigenvalue weighted by molar-refractivity contribution is 9.10. The van der Waals surface area contributed by atoms with Gasteiger partial charge in [-0.2, -0.15) is 13.2 Å². The van der Waals surface area contributed by atoms with Gasteiger partial charge in [-0.05, 0) is 40.2 Å². The number of nitrogens with one attached hydrogen (secondary N) is 1. The van der Waals surface area contributed by atoms with E-state index in [1.54, 1.807) is 18.2 Å². The maximum Gasteiger partial charge on any atom is 0.416 e. The summed E-state index contributed by atoms with van der Waals surface area (Å²) in [5.41, 5.74) is 0.209. The molecule has 2 N–H and O–H groups in total. The summed E-state index contributed by atoms with van der Waals surface area (Å²) in [4.78, 5) is 0. The first kappa shape index (κ1) is 14.7. The van der Waals surface area contributed by atoms with Crippen molar-refractivity contribution in [2.75, 3.05) is 5.32 Å². The third kappa shape index (κ3) is 3.45. The van der Waals surface area contributed by atoms with E-state index >= 15 is 0 Å². The number of hydrogen-bond acceptors (Lipinski definition) is 2. The summed E-state index contributed by atoms with van der Waals surface area (Å²) in [5, 5.41) is 12.5. The zero-order valence-corrected chi connectivity index (χ0v) is 11.8. The van der Waals surface area contributed by atoms with E-state index in [1.807, 2.05) is 0 Å². The lowest BCUT2D eigenvalue weighted by atomic mass is 10.1. The highest BCUT2D eigenvalue weighted by Crippen LogP contribution is 2.34. The van der Waals surface area contributed by atoms with E-state index in [0.717, 1.165) is 12.1 Å². The number of halogens is 4. The second kappa shape index (κ2) is 5.75. The number of benzene rings is 2. The molecule has 106 valence electrons. The monoisotopic (exact) mass is 345 g/mol. The van der Waals surface area contributed by atoms with Gasteiger partial charge in [0.25, 0.3) is 0 Å². The van der Waals surface area contributed by atoms with Crippen LogP contribution in [-0.4, -0.2) is 5.11 Å². The van der Waals surface area contributed by atoms with E-state index in [4.69, 9.17) is 0 Å². The van der Waals surface area contributed by atoms with Gasteiger partial charge in [0.15, 0.2) is 0 Å². The number of phenolic OH excluding ortho intramolecular Hbond substituents is 1. The number of aromatic hydroxyl groups is 1. The summed E-state index contributed by atoms with van der Waals surface area (Å²) >= 11 is 3.20. The van der Waals surface area contributed by atoms with Crippen LogP contribution in [0.25, 0.3) is 0 Å². The zero-order valence-electron chi connectivity index (χ0n) is 10.2. The summed E-state index contributed by atoms with van der Waals surface area (Å²) in [5.74, 6) is 0.100. The SMILES string of the molecule is Oc1ccccc1CNc1cc(C(F)(F)F)ccc1Br. The van der Waals surface area contributed by atoms with Gasteiger partial charge in [-0.25, -0.2) is 0 Å². The van der Waals surface area contributed by atoms with Gasteiger partial charge in [0.05, 0.1) is 5.56 Å². The highest BCUT2D eigenvalue weighted by Gasteiger charge is 2.30. The molecule has 0 spiro atoms. The predicted molar refractivity (Wildman–Crippen MR) is 74.6 cm³/mol. The Morgan fingerprint density at radius 3 is 2.45 bits per heavy atom. The lowest BCUT2D eigenvalue weighted by Crippen LogP contribution is -2.07. The molecule has 2 nitrogen and oxygen atoms in total. The molecule has 0 aliphatic heterocycles. The van der Waals surface area contributed by atoms with Crippen molar-refractivity contribution in [1.29, 1.82) is 0 Å². The molecule has 0 fully saturated rings. The Kier molecular flexibility index (Phi) is 4.23. The normalized spacial score (nSPS) is 11.4. The van der Waals surface area contributed by atoms with E-state index in [1.165, 1.54) is 12.1 Å². The molecule has 2 aromatic carbocycles. The molecule has 0 aliphatic rings. The summed E-state index contributed by atoms with van der Waals surface area (Å²) in [6, 6.07) is 10.0. The molecule has 0 aromatic heterocycles. The van der Waals surface area contributed by atoms with Crippen molar-refractivity contribution in [3.8, 4) is 5.75 Å². The number of rotatable bonds is 3. The van der Waals surface area contributed by atoms with Crippen molar-refractivity contribution in [2.45, 2.75) is 12.7 Å². The van der Waals surface area contributed by atoms with E-state index in [0.29, 0.717) is 15.7 Å². The number of para-hydroxylation sites is 1. The Bertz CT molecular complexity index is 614. The van der Waals surface area contributed by atoms with Crippen LogP contribution in [0.15, 0.2) is 46.9 Å². The molecular weight excluding hydrogens is 335 g/mol. The van der Waals surface area contributed by atoms with E-state index in [2.05, 4.69) is 21.2 Å². The molecule has 20 heavy (non-hydrogen) atoms. The Hall–Kier alpha value is -1.69. The maximum atomic E-state index is 12.6.